The summed E-state index contributed by atoms with van der Waals surface area (Å²) in [6, 6.07) is 14.8. The first-order chi connectivity index (χ1) is 13.0. The standard InChI is InChI=1S/C19H17ClN4O2S/c1-12-5-7-13(8-6-12)9-16-18(26)22-19(24-23-16)27-11-17(25)21-15-4-2-3-14(20)10-15/h2-8,10H,9,11H2,1H3,(H,21,25)(H,22,24,26). The van der Waals surface area contributed by atoms with Gasteiger partial charge in [0.2, 0.25) is 5.91 Å². The van der Waals surface area contributed by atoms with Gasteiger partial charge in [0, 0.05) is 17.1 Å². The highest BCUT2D eigenvalue weighted by Crippen LogP contribution is 2.16. The Hall–Kier alpha value is -2.64. The van der Waals surface area contributed by atoms with Crippen molar-refractivity contribution in [3.63, 3.8) is 0 Å². The van der Waals surface area contributed by atoms with Gasteiger partial charge < -0.3 is 5.32 Å². The van der Waals surface area contributed by atoms with Crippen molar-refractivity contribution in [1.82, 2.24) is 15.2 Å². The fraction of sp³-hybridized carbons (Fsp3) is 0.158. The summed E-state index contributed by atoms with van der Waals surface area (Å²) in [6.07, 6.45) is 0.406. The van der Waals surface area contributed by atoms with E-state index in [2.05, 4.69) is 20.5 Å². The van der Waals surface area contributed by atoms with E-state index in [-0.39, 0.29) is 17.2 Å². The number of carbonyl (C=O) groups is 1. The van der Waals surface area contributed by atoms with Gasteiger partial charge >= 0.3 is 0 Å². The van der Waals surface area contributed by atoms with Crippen LogP contribution in [0, 0.1) is 6.92 Å². The number of anilines is 1. The maximum absolute atomic E-state index is 12.2. The minimum atomic E-state index is -0.302. The Morgan fingerprint density at radius 3 is 2.67 bits per heavy atom. The molecule has 1 aromatic heterocycles. The van der Waals surface area contributed by atoms with E-state index in [1.165, 1.54) is 0 Å². The van der Waals surface area contributed by atoms with E-state index in [1.54, 1.807) is 24.3 Å². The monoisotopic (exact) mass is 400 g/mol. The molecular weight excluding hydrogens is 384 g/mol. The Balaban J connectivity index is 1.58. The zero-order valence-electron chi connectivity index (χ0n) is 14.5. The van der Waals surface area contributed by atoms with Gasteiger partial charge in [0.05, 0.1) is 5.75 Å². The second-order valence-electron chi connectivity index (χ2n) is 5.92. The van der Waals surface area contributed by atoms with Gasteiger partial charge in [-0.3, -0.25) is 14.6 Å². The summed E-state index contributed by atoms with van der Waals surface area (Å²) in [7, 11) is 0. The van der Waals surface area contributed by atoms with Crippen LogP contribution in [-0.4, -0.2) is 26.8 Å². The van der Waals surface area contributed by atoms with Gasteiger partial charge in [-0.1, -0.05) is 59.3 Å². The quantitative estimate of drug-likeness (QED) is 0.619. The molecule has 1 amide bonds. The van der Waals surface area contributed by atoms with Gasteiger partial charge in [-0.25, -0.2) is 0 Å². The number of amides is 1. The van der Waals surface area contributed by atoms with E-state index < -0.39 is 0 Å². The summed E-state index contributed by atoms with van der Waals surface area (Å²) in [5.41, 5.74) is 2.79. The Bertz CT molecular complexity index is 1010. The van der Waals surface area contributed by atoms with Crippen molar-refractivity contribution < 1.29 is 4.79 Å². The topological polar surface area (TPSA) is 87.7 Å². The molecule has 1 heterocycles. The lowest BCUT2D eigenvalue weighted by atomic mass is 10.1. The SMILES string of the molecule is Cc1ccc(Cc2nnc(SCC(=O)Nc3cccc(Cl)c3)[nH]c2=O)cc1. The smallest absolute Gasteiger partial charge is 0.273 e. The number of hydrogen-bond donors (Lipinski definition) is 2. The lowest BCUT2D eigenvalue weighted by Gasteiger charge is -2.05. The van der Waals surface area contributed by atoms with Crippen LogP contribution in [0.4, 0.5) is 5.69 Å². The van der Waals surface area contributed by atoms with Crippen molar-refractivity contribution in [2.45, 2.75) is 18.5 Å². The van der Waals surface area contributed by atoms with Crippen LogP contribution in [0.15, 0.2) is 58.5 Å². The lowest BCUT2D eigenvalue weighted by Crippen LogP contribution is -2.19. The Morgan fingerprint density at radius 2 is 1.96 bits per heavy atom. The number of nitrogens with one attached hydrogen (secondary N) is 2. The number of hydrogen-bond acceptors (Lipinski definition) is 5. The van der Waals surface area contributed by atoms with E-state index >= 15 is 0 Å². The van der Waals surface area contributed by atoms with E-state index in [0.717, 1.165) is 22.9 Å². The second kappa shape index (κ2) is 8.83. The molecule has 0 bridgehead atoms. The first kappa shape index (κ1) is 19.1. The highest BCUT2D eigenvalue weighted by atomic mass is 35.5. The molecule has 3 rings (SSSR count). The van der Waals surface area contributed by atoms with E-state index in [1.807, 2.05) is 31.2 Å². The van der Waals surface area contributed by atoms with E-state index in [4.69, 9.17) is 11.6 Å². The van der Waals surface area contributed by atoms with E-state index in [9.17, 15) is 9.59 Å². The second-order valence-corrected chi connectivity index (χ2v) is 7.32. The molecule has 0 spiro atoms. The number of aromatic amines is 1. The van der Waals surface area contributed by atoms with Gasteiger partial charge in [-0.05, 0) is 30.7 Å². The molecule has 138 valence electrons. The molecule has 0 aliphatic carbocycles. The molecule has 0 saturated carbocycles. The molecule has 0 aliphatic heterocycles. The molecule has 27 heavy (non-hydrogen) atoms. The van der Waals surface area contributed by atoms with Gasteiger partial charge in [0.15, 0.2) is 5.16 Å². The summed E-state index contributed by atoms with van der Waals surface area (Å²) >= 11 is 6.99. The maximum Gasteiger partial charge on any atom is 0.273 e. The molecule has 0 radical (unpaired) electrons. The molecule has 0 saturated heterocycles. The third-order valence-electron chi connectivity index (χ3n) is 3.68. The van der Waals surface area contributed by atoms with Crippen molar-refractivity contribution >= 4 is 35.0 Å². The summed E-state index contributed by atoms with van der Waals surface area (Å²) in [5.74, 6) is -0.136. The number of aryl methyl sites for hydroxylation is 1. The third kappa shape index (κ3) is 5.67. The zero-order valence-corrected chi connectivity index (χ0v) is 16.1. The minimum absolute atomic E-state index is 0.0917. The van der Waals surface area contributed by atoms with Crippen molar-refractivity contribution in [2.24, 2.45) is 0 Å². The number of thioether (sulfide) groups is 1. The fourth-order valence-electron chi connectivity index (χ4n) is 2.32. The number of benzene rings is 2. The summed E-state index contributed by atoms with van der Waals surface area (Å²) < 4.78 is 0. The summed E-state index contributed by atoms with van der Waals surface area (Å²) in [6.45, 7) is 2.00. The van der Waals surface area contributed by atoms with Crippen LogP contribution in [0.5, 0.6) is 0 Å². The number of carbonyl (C=O) groups excluding carboxylic acids is 1. The van der Waals surface area contributed by atoms with Gasteiger partial charge in [-0.2, -0.15) is 0 Å². The van der Waals surface area contributed by atoms with Crippen LogP contribution >= 0.6 is 23.4 Å². The predicted molar refractivity (Wildman–Crippen MR) is 107 cm³/mol. The lowest BCUT2D eigenvalue weighted by molar-refractivity contribution is -0.113. The Kier molecular flexibility index (Phi) is 6.26. The normalized spacial score (nSPS) is 10.6. The molecule has 3 aromatic rings. The van der Waals surface area contributed by atoms with Gasteiger partial charge in [-0.15, -0.1) is 10.2 Å². The summed E-state index contributed by atoms with van der Waals surface area (Å²) in [4.78, 5) is 26.9. The Labute approximate surface area is 165 Å². The molecule has 0 aliphatic rings. The molecule has 6 nitrogen and oxygen atoms in total. The van der Waals surface area contributed by atoms with E-state index in [0.29, 0.717) is 28.0 Å². The number of halogens is 1. The molecule has 0 atom stereocenters. The summed E-state index contributed by atoms with van der Waals surface area (Å²) in [5, 5.41) is 11.6. The van der Waals surface area contributed by atoms with Crippen molar-refractivity contribution in [3.05, 3.63) is 80.7 Å². The zero-order chi connectivity index (χ0) is 19.2. The molecule has 0 fully saturated rings. The van der Waals surface area contributed by atoms with Crippen LogP contribution in [0.1, 0.15) is 16.8 Å². The molecule has 0 unspecified atom stereocenters. The largest absolute Gasteiger partial charge is 0.325 e. The number of rotatable bonds is 6. The van der Waals surface area contributed by atoms with Crippen molar-refractivity contribution in [1.29, 1.82) is 0 Å². The van der Waals surface area contributed by atoms with Crippen molar-refractivity contribution in [2.75, 3.05) is 11.1 Å². The average molecular weight is 401 g/mol. The molecule has 8 heteroatoms. The number of H-pyrrole nitrogens is 1. The van der Waals surface area contributed by atoms with Crippen molar-refractivity contribution in [3.8, 4) is 0 Å². The van der Waals surface area contributed by atoms with Crippen LogP contribution in [-0.2, 0) is 11.2 Å². The van der Waals surface area contributed by atoms with Gasteiger partial charge in [0.25, 0.3) is 5.56 Å². The Morgan fingerprint density at radius 1 is 1.19 bits per heavy atom. The minimum Gasteiger partial charge on any atom is -0.325 e. The number of nitrogens with zero attached hydrogens (tertiary/aromatic N) is 2. The molecular formula is C19H17ClN4O2S. The highest BCUT2D eigenvalue weighted by Gasteiger charge is 2.09. The van der Waals surface area contributed by atoms with Gasteiger partial charge in [0.1, 0.15) is 5.69 Å². The third-order valence-corrected chi connectivity index (χ3v) is 4.78. The highest BCUT2D eigenvalue weighted by molar-refractivity contribution is 7.99. The molecule has 2 aromatic carbocycles. The van der Waals surface area contributed by atoms with Crippen LogP contribution in [0.3, 0.4) is 0 Å². The first-order valence-corrected chi connectivity index (χ1v) is 9.55. The van der Waals surface area contributed by atoms with Crippen LogP contribution in [0.2, 0.25) is 5.02 Å². The fourth-order valence-corrected chi connectivity index (χ4v) is 3.12. The average Bonchev–Trinajstić information content (AvgIpc) is 2.64. The molecule has 2 N–H and O–H groups in total. The maximum atomic E-state index is 12.2. The van der Waals surface area contributed by atoms with Crippen LogP contribution < -0.4 is 10.9 Å². The first-order valence-electron chi connectivity index (χ1n) is 8.19. The predicted octanol–water partition coefficient (Wildman–Crippen LogP) is 3.45. The van der Waals surface area contributed by atoms with Crippen LogP contribution in [0.25, 0.3) is 0 Å². The number of aromatic nitrogens is 3.